The summed E-state index contributed by atoms with van der Waals surface area (Å²) in [4.78, 5) is 11.6. The molecule has 0 spiro atoms. The predicted octanol–water partition coefficient (Wildman–Crippen LogP) is 1.41. The van der Waals surface area contributed by atoms with Crippen LogP contribution in [0.4, 0.5) is 10.1 Å². The average molecular weight is 367 g/mol. The lowest BCUT2D eigenvalue weighted by Crippen LogP contribution is -2.43. The first-order chi connectivity index (χ1) is 11.9. The molecule has 0 heterocycles. The van der Waals surface area contributed by atoms with Crippen molar-refractivity contribution in [3.05, 3.63) is 54.3 Å². The van der Waals surface area contributed by atoms with E-state index in [1.54, 1.807) is 25.1 Å². The quantitative estimate of drug-likeness (QED) is 0.438. The number of nitrogens with zero attached hydrogens (tertiary/aromatic N) is 1. The Bertz CT molecular complexity index is 841. The van der Waals surface area contributed by atoms with E-state index in [2.05, 4.69) is 0 Å². The normalized spacial score (nSPS) is 11.0. The number of carbonyl (C=O) groups is 1. The molecule has 0 atom stereocenters. The number of amides is 1. The second-order valence-corrected chi connectivity index (χ2v) is 6.80. The molecule has 2 aromatic rings. The smallest absolute Gasteiger partial charge is 0.264 e. The lowest BCUT2D eigenvalue weighted by molar-refractivity contribution is -0.119. The molecule has 2 rings (SSSR count). The molecule has 0 aromatic heterocycles. The van der Waals surface area contributed by atoms with Crippen LogP contribution in [-0.4, -0.2) is 27.5 Å². The van der Waals surface area contributed by atoms with Crippen LogP contribution < -0.4 is 20.3 Å². The Morgan fingerprint density at radius 2 is 1.84 bits per heavy atom. The summed E-state index contributed by atoms with van der Waals surface area (Å²) in [5.74, 6) is 4.11. The zero-order chi connectivity index (χ0) is 18.4. The van der Waals surface area contributed by atoms with Crippen molar-refractivity contribution in [1.82, 2.24) is 5.43 Å². The van der Waals surface area contributed by atoms with E-state index in [0.29, 0.717) is 12.4 Å². The van der Waals surface area contributed by atoms with Crippen molar-refractivity contribution in [3.63, 3.8) is 0 Å². The van der Waals surface area contributed by atoms with Crippen LogP contribution in [0.1, 0.15) is 6.92 Å². The second-order valence-electron chi connectivity index (χ2n) is 4.93. The van der Waals surface area contributed by atoms with E-state index in [1.165, 1.54) is 6.07 Å². The maximum atomic E-state index is 13.1. The molecule has 0 unspecified atom stereocenters. The highest BCUT2D eigenvalue weighted by Gasteiger charge is 2.29. The summed E-state index contributed by atoms with van der Waals surface area (Å²) in [6, 6.07) is 10.7. The van der Waals surface area contributed by atoms with E-state index in [9.17, 15) is 17.6 Å². The molecule has 0 bridgehead atoms. The van der Waals surface area contributed by atoms with Gasteiger partial charge in [0.25, 0.3) is 15.9 Å². The second kappa shape index (κ2) is 7.95. The first-order valence-electron chi connectivity index (χ1n) is 7.39. The molecule has 0 aliphatic carbocycles. The number of hydrogen-bond acceptors (Lipinski definition) is 5. The summed E-state index contributed by atoms with van der Waals surface area (Å²) in [7, 11) is -4.15. The third kappa shape index (κ3) is 4.25. The minimum atomic E-state index is -4.15. The summed E-state index contributed by atoms with van der Waals surface area (Å²) in [5.41, 5.74) is 2.08. The Labute approximate surface area is 145 Å². The van der Waals surface area contributed by atoms with Gasteiger partial charge in [-0.1, -0.05) is 12.1 Å². The van der Waals surface area contributed by atoms with Crippen molar-refractivity contribution in [3.8, 4) is 5.75 Å². The van der Waals surface area contributed by atoms with Crippen molar-refractivity contribution in [2.75, 3.05) is 17.5 Å². The number of para-hydroxylation sites is 2. The van der Waals surface area contributed by atoms with Gasteiger partial charge in [0, 0.05) is 0 Å². The summed E-state index contributed by atoms with van der Waals surface area (Å²) < 4.78 is 45.4. The molecule has 0 aliphatic heterocycles. The third-order valence-corrected chi connectivity index (χ3v) is 5.06. The van der Waals surface area contributed by atoms with Crippen molar-refractivity contribution < 1.29 is 22.3 Å². The van der Waals surface area contributed by atoms with Gasteiger partial charge < -0.3 is 4.74 Å². The van der Waals surface area contributed by atoms with E-state index in [-0.39, 0.29) is 10.6 Å². The Kier molecular flexibility index (Phi) is 5.94. The van der Waals surface area contributed by atoms with Gasteiger partial charge in [0.1, 0.15) is 18.1 Å². The van der Waals surface area contributed by atoms with Gasteiger partial charge in [0.2, 0.25) is 0 Å². The summed E-state index contributed by atoms with van der Waals surface area (Å²) in [6.07, 6.45) is 0. The number of carbonyl (C=O) groups excluding carboxylic acids is 1. The van der Waals surface area contributed by atoms with Gasteiger partial charge in [-0.2, -0.15) is 0 Å². The largest absolute Gasteiger partial charge is 0.492 e. The molecule has 7 nitrogen and oxygen atoms in total. The van der Waals surface area contributed by atoms with E-state index < -0.39 is 28.3 Å². The Hall–Kier alpha value is -2.65. The zero-order valence-electron chi connectivity index (χ0n) is 13.5. The topological polar surface area (TPSA) is 102 Å². The van der Waals surface area contributed by atoms with Gasteiger partial charge in [0.15, 0.2) is 0 Å². The number of nitrogens with two attached hydrogens (primary N) is 1. The summed E-state index contributed by atoms with van der Waals surface area (Å²) in [5, 5.41) is 0. The number of sulfonamides is 1. The van der Waals surface area contributed by atoms with Gasteiger partial charge >= 0.3 is 0 Å². The van der Waals surface area contributed by atoms with Crippen LogP contribution >= 0.6 is 0 Å². The molecule has 0 saturated carbocycles. The molecule has 0 radical (unpaired) electrons. The third-order valence-electron chi connectivity index (χ3n) is 3.28. The Morgan fingerprint density at radius 1 is 1.20 bits per heavy atom. The number of hydrazine groups is 1. The number of nitrogens with one attached hydrogen (secondary N) is 1. The van der Waals surface area contributed by atoms with E-state index >= 15 is 0 Å². The maximum Gasteiger partial charge on any atom is 0.264 e. The number of benzene rings is 2. The van der Waals surface area contributed by atoms with Crippen molar-refractivity contribution in [1.29, 1.82) is 0 Å². The fraction of sp³-hybridized carbons (Fsp3) is 0.188. The zero-order valence-corrected chi connectivity index (χ0v) is 14.3. The fourth-order valence-electron chi connectivity index (χ4n) is 2.15. The summed E-state index contributed by atoms with van der Waals surface area (Å²) in [6.45, 7) is 1.51. The van der Waals surface area contributed by atoms with Gasteiger partial charge in [0.05, 0.1) is 17.2 Å². The van der Waals surface area contributed by atoms with Gasteiger partial charge in [-0.3, -0.25) is 14.5 Å². The molecule has 0 aliphatic rings. The van der Waals surface area contributed by atoms with Crippen molar-refractivity contribution in [2.45, 2.75) is 11.8 Å². The predicted molar refractivity (Wildman–Crippen MR) is 90.9 cm³/mol. The molecular formula is C16H18FN3O4S. The number of halogens is 1. The number of anilines is 1. The van der Waals surface area contributed by atoms with Gasteiger partial charge in [-0.25, -0.2) is 18.7 Å². The Morgan fingerprint density at radius 3 is 2.44 bits per heavy atom. The lowest BCUT2D eigenvalue weighted by Gasteiger charge is -2.25. The maximum absolute atomic E-state index is 13.1. The molecule has 9 heteroatoms. The van der Waals surface area contributed by atoms with E-state index in [0.717, 1.165) is 28.6 Å². The van der Waals surface area contributed by atoms with Crippen LogP contribution in [0, 0.1) is 5.82 Å². The molecule has 3 N–H and O–H groups in total. The number of rotatable bonds is 7. The SMILES string of the molecule is CCOc1ccccc1N(CC(=O)NN)S(=O)(=O)c1ccc(F)cc1. The number of ether oxygens (including phenoxy) is 1. The highest BCUT2D eigenvalue weighted by Crippen LogP contribution is 2.32. The lowest BCUT2D eigenvalue weighted by atomic mass is 10.3. The van der Waals surface area contributed by atoms with Crippen LogP contribution in [0.15, 0.2) is 53.4 Å². The van der Waals surface area contributed by atoms with E-state index in [4.69, 9.17) is 10.6 Å². The molecule has 0 fully saturated rings. The van der Waals surface area contributed by atoms with Crippen LogP contribution in [0.5, 0.6) is 5.75 Å². The first kappa shape index (κ1) is 18.7. The fourth-order valence-corrected chi connectivity index (χ4v) is 3.58. The van der Waals surface area contributed by atoms with Gasteiger partial charge in [-0.15, -0.1) is 0 Å². The molecule has 25 heavy (non-hydrogen) atoms. The molecule has 1 amide bonds. The average Bonchev–Trinajstić information content (AvgIpc) is 2.60. The highest BCUT2D eigenvalue weighted by atomic mass is 32.2. The highest BCUT2D eigenvalue weighted by molar-refractivity contribution is 7.92. The van der Waals surface area contributed by atoms with Crippen molar-refractivity contribution in [2.24, 2.45) is 5.84 Å². The first-order valence-corrected chi connectivity index (χ1v) is 8.83. The molecule has 0 saturated heterocycles. The van der Waals surface area contributed by atoms with Crippen LogP contribution in [0.25, 0.3) is 0 Å². The monoisotopic (exact) mass is 367 g/mol. The molecule has 134 valence electrons. The molecule has 2 aromatic carbocycles. The van der Waals surface area contributed by atoms with E-state index in [1.807, 2.05) is 5.43 Å². The number of hydrogen-bond donors (Lipinski definition) is 2. The van der Waals surface area contributed by atoms with Crippen LogP contribution in [0.3, 0.4) is 0 Å². The molecular weight excluding hydrogens is 349 g/mol. The minimum Gasteiger partial charge on any atom is -0.492 e. The van der Waals surface area contributed by atoms with Crippen molar-refractivity contribution >= 4 is 21.6 Å². The van der Waals surface area contributed by atoms with Gasteiger partial charge in [-0.05, 0) is 43.3 Å². The standard InChI is InChI=1S/C16H18FN3O4S/c1-2-24-15-6-4-3-5-14(15)20(11-16(21)19-18)25(22,23)13-9-7-12(17)8-10-13/h3-10H,2,11,18H2,1H3,(H,19,21). The summed E-state index contributed by atoms with van der Waals surface area (Å²) >= 11 is 0. The van der Waals surface area contributed by atoms with Crippen LogP contribution in [-0.2, 0) is 14.8 Å². The Balaban J connectivity index is 2.56. The minimum absolute atomic E-state index is 0.162. The van der Waals surface area contributed by atoms with Crippen LogP contribution in [0.2, 0.25) is 0 Å².